The summed E-state index contributed by atoms with van der Waals surface area (Å²) in [6.07, 6.45) is 4.65. The number of allylic oxidation sites excluding steroid dienone is 1. The molecule has 0 radical (unpaired) electrons. The lowest BCUT2D eigenvalue weighted by molar-refractivity contribution is -0.118. The van der Waals surface area contributed by atoms with Crippen molar-refractivity contribution in [2.75, 3.05) is 19.8 Å². The van der Waals surface area contributed by atoms with Gasteiger partial charge in [0.2, 0.25) is 5.91 Å². The summed E-state index contributed by atoms with van der Waals surface area (Å²) in [6.45, 7) is 8.18. The van der Waals surface area contributed by atoms with Gasteiger partial charge < -0.3 is 15.4 Å². The SMILES string of the molecule is CCC=C(C)C(=O)NCC1(NC(C)c2ccccc2)CCOCC1. The zero-order chi connectivity index (χ0) is 17.4. The Morgan fingerprint density at radius 1 is 1.29 bits per heavy atom. The van der Waals surface area contributed by atoms with Crippen LogP contribution in [0.4, 0.5) is 0 Å². The molecule has 1 atom stereocenters. The Bertz CT molecular complexity index is 548. The van der Waals surface area contributed by atoms with E-state index in [-0.39, 0.29) is 17.5 Å². The highest BCUT2D eigenvalue weighted by atomic mass is 16.5. The molecule has 1 heterocycles. The van der Waals surface area contributed by atoms with E-state index in [0.29, 0.717) is 6.54 Å². The number of ether oxygens (including phenoxy) is 1. The van der Waals surface area contributed by atoms with Crippen LogP contribution in [0, 0.1) is 0 Å². The zero-order valence-electron chi connectivity index (χ0n) is 15.1. The van der Waals surface area contributed by atoms with Gasteiger partial charge in [0.25, 0.3) is 0 Å². The minimum atomic E-state index is -0.115. The monoisotopic (exact) mass is 330 g/mol. The fraction of sp³-hybridized carbons (Fsp3) is 0.550. The Kier molecular flexibility index (Phi) is 7.00. The molecule has 132 valence electrons. The van der Waals surface area contributed by atoms with Crippen molar-refractivity contribution in [2.24, 2.45) is 0 Å². The van der Waals surface area contributed by atoms with Crippen molar-refractivity contribution in [2.45, 2.75) is 51.6 Å². The lowest BCUT2D eigenvalue weighted by Gasteiger charge is -2.40. The van der Waals surface area contributed by atoms with Gasteiger partial charge in [-0.3, -0.25) is 4.79 Å². The Balaban J connectivity index is 2.03. The number of carbonyl (C=O) groups excluding carboxylic acids is 1. The first-order valence-electron chi connectivity index (χ1n) is 8.92. The van der Waals surface area contributed by atoms with Crippen LogP contribution in [0.15, 0.2) is 42.0 Å². The van der Waals surface area contributed by atoms with Crippen LogP contribution in [0.25, 0.3) is 0 Å². The molecule has 0 saturated carbocycles. The zero-order valence-corrected chi connectivity index (χ0v) is 15.1. The van der Waals surface area contributed by atoms with E-state index in [4.69, 9.17) is 4.74 Å². The Labute approximate surface area is 145 Å². The first kappa shape index (κ1) is 18.7. The van der Waals surface area contributed by atoms with Gasteiger partial charge in [-0.1, -0.05) is 43.3 Å². The minimum Gasteiger partial charge on any atom is -0.381 e. The number of carbonyl (C=O) groups is 1. The number of nitrogens with one attached hydrogen (secondary N) is 2. The van der Waals surface area contributed by atoms with Gasteiger partial charge in [-0.2, -0.15) is 0 Å². The molecule has 4 nitrogen and oxygen atoms in total. The second kappa shape index (κ2) is 9.00. The van der Waals surface area contributed by atoms with Gasteiger partial charge in [0.1, 0.15) is 0 Å². The van der Waals surface area contributed by atoms with Gasteiger partial charge >= 0.3 is 0 Å². The molecular formula is C20H30N2O2. The minimum absolute atomic E-state index is 0.0249. The molecule has 1 unspecified atom stereocenters. The van der Waals surface area contributed by atoms with E-state index in [9.17, 15) is 4.79 Å². The molecule has 4 heteroatoms. The van der Waals surface area contributed by atoms with Gasteiger partial charge in [-0.05, 0) is 38.7 Å². The normalized spacial score (nSPS) is 18.9. The van der Waals surface area contributed by atoms with E-state index < -0.39 is 0 Å². The highest BCUT2D eigenvalue weighted by Gasteiger charge is 2.34. The lowest BCUT2D eigenvalue weighted by atomic mass is 9.88. The summed E-state index contributed by atoms with van der Waals surface area (Å²) in [6, 6.07) is 10.7. The summed E-state index contributed by atoms with van der Waals surface area (Å²) in [4.78, 5) is 12.2. The van der Waals surface area contributed by atoms with Crippen LogP contribution in [0.1, 0.15) is 51.6 Å². The maximum absolute atomic E-state index is 12.2. The van der Waals surface area contributed by atoms with Gasteiger partial charge in [0.05, 0.1) is 0 Å². The predicted octanol–water partition coefficient (Wildman–Crippen LogP) is 3.36. The van der Waals surface area contributed by atoms with Gasteiger partial charge in [-0.25, -0.2) is 0 Å². The second-order valence-electron chi connectivity index (χ2n) is 6.65. The third kappa shape index (κ3) is 5.18. The van der Waals surface area contributed by atoms with Crippen LogP contribution < -0.4 is 10.6 Å². The molecule has 2 rings (SSSR count). The maximum atomic E-state index is 12.2. The van der Waals surface area contributed by atoms with Crippen molar-refractivity contribution in [3.63, 3.8) is 0 Å². The number of benzene rings is 1. The van der Waals surface area contributed by atoms with Crippen molar-refractivity contribution >= 4 is 5.91 Å². The molecule has 0 aliphatic carbocycles. The smallest absolute Gasteiger partial charge is 0.246 e. The fourth-order valence-electron chi connectivity index (χ4n) is 3.21. The van der Waals surface area contributed by atoms with Crippen molar-refractivity contribution in [3.8, 4) is 0 Å². The first-order chi connectivity index (χ1) is 11.6. The van der Waals surface area contributed by atoms with E-state index in [0.717, 1.165) is 38.0 Å². The number of hydrogen-bond donors (Lipinski definition) is 2. The van der Waals surface area contributed by atoms with E-state index in [2.05, 4.69) is 41.8 Å². The molecule has 0 bridgehead atoms. The molecule has 2 N–H and O–H groups in total. The van der Waals surface area contributed by atoms with E-state index >= 15 is 0 Å². The summed E-state index contributed by atoms with van der Waals surface area (Å²) in [5.41, 5.74) is 1.93. The molecule has 0 aromatic heterocycles. The summed E-state index contributed by atoms with van der Waals surface area (Å²) in [5.74, 6) is 0.0249. The van der Waals surface area contributed by atoms with Crippen LogP contribution >= 0.6 is 0 Å². The molecule has 1 fully saturated rings. The average molecular weight is 330 g/mol. The van der Waals surface area contributed by atoms with E-state index in [1.54, 1.807) is 0 Å². The first-order valence-corrected chi connectivity index (χ1v) is 8.92. The summed E-state index contributed by atoms with van der Waals surface area (Å²) < 4.78 is 5.54. The molecule has 0 spiro atoms. The highest BCUT2D eigenvalue weighted by molar-refractivity contribution is 5.92. The van der Waals surface area contributed by atoms with Crippen LogP contribution in [0.5, 0.6) is 0 Å². The molecule has 1 amide bonds. The molecular weight excluding hydrogens is 300 g/mol. The fourth-order valence-corrected chi connectivity index (χ4v) is 3.21. The molecule has 1 aliphatic heterocycles. The summed E-state index contributed by atoms with van der Waals surface area (Å²) in [7, 11) is 0. The molecule has 1 aromatic rings. The Hall–Kier alpha value is -1.65. The molecule has 1 aliphatic rings. The largest absolute Gasteiger partial charge is 0.381 e. The standard InChI is InChI=1S/C20H30N2O2/c1-4-8-16(2)19(23)21-15-20(11-13-24-14-12-20)22-17(3)18-9-6-5-7-10-18/h5-10,17,22H,4,11-15H2,1-3H3,(H,21,23). The van der Waals surface area contributed by atoms with Crippen molar-refractivity contribution < 1.29 is 9.53 Å². The number of rotatable bonds is 7. The average Bonchev–Trinajstić information content (AvgIpc) is 2.61. The van der Waals surface area contributed by atoms with Crippen LogP contribution in [-0.2, 0) is 9.53 Å². The van der Waals surface area contributed by atoms with Crippen molar-refractivity contribution in [1.82, 2.24) is 10.6 Å². The Morgan fingerprint density at radius 3 is 2.58 bits per heavy atom. The summed E-state index contributed by atoms with van der Waals surface area (Å²) >= 11 is 0. The van der Waals surface area contributed by atoms with Crippen molar-refractivity contribution in [3.05, 3.63) is 47.5 Å². The van der Waals surface area contributed by atoms with Gasteiger partial charge in [0, 0.05) is 36.9 Å². The molecule has 24 heavy (non-hydrogen) atoms. The lowest BCUT2D eigenvalue weighted by Crippen LogP contribution is -2.57. The highest BCUT2D eigenvalue weighted by Crippen LogP contribution is 2.25. The van der Waals surface area contributed by atoms with E-state index in [1.165, 1.54) is 5.56 Å². The topological polar surface area (TPSA) is 50.4 Å². The van der Waals surface area contributed by atoms with Crippen LogP contribution in [0.2, 0.25) is 0 Å². The predicted molar refractivity (Wildman–Crippen MR) is 97.8 cm³/mol. The second-order valence-corrected chi connectivity index (χ2v) is 6.65. The number of hydrogen-bond acceptors (Lipinski definition) is 3. The summed E-state index contributed by atoms with van der Waals surface area (Å²) in [5, 5.41) is 6.87. The van der Waals surface area contributed by atoms with Crippen LogP contribution in [0.3, 0.4) is 0 Å². The van der Waals surface area contributed by atoms with Crippen LogP contribution in [-0.4, -0.2) is 31.2 Å². The quantitative estimate of drug-likeness (QED) is 0.754. The van der Waals surface area contributed by atoms with E-state index in [1.807, 2.05) is 26.0 Å². The number of amides is 1. The third-order valence-corrected chi connectivity index (χ3v) is 4.73. The molecule has 1 aromatic carbocycles. The van der Waals surface area contributed by atoms with Crippen molar-refractivity contribution in [1.29, 1.82) is 0 Å². The van der Waals surface area contributed by atoms with Gasteiger partial charge in [0.15, 0.2) is 0 Å². The molecule has 1 saturated heterocycles. The third-order valence-electron chi connectivity index (χ3n) is 4.73. The maximum Gasteiger partial charge on any atom is 0.246 e. The van der Waals surface area contributed by atoms with Gasteiger partial charge in [-0.15, -0.1) is 0 Å². The Morgan fingerprint density at radius 2 is 1.96 bits per heavy atom.